The lowest BCUT2D eigenvalue weighted by molar-refractivity contribution is 0.154. The normalized spacial score (nSPS) is 18.3. The average Bonchev–Trinajstić information content (AvgIpc) is 2.87. The third-order valence-electron chi connectivity index (χ3n) is 4.89. The first kappa shape index (κ1) is 17.0. The fraction of sp³-hybridized carbons (Fsp3) is 1.00. The molecule has 0 aromatic heterocycles. The van der Waals surface area contributed by atoms with Crippen LogP contribution in [-0.2, 0) is 0 Å². The fourth-order valence-corrected chi connectivity index (χ4v) is 3.34. The van der Waals surface area contributed by atoms with Crippen molar-refractivity contribution in [3.05, 3.63) is 0 Å². The smallest absolute Gasteiger partial charge is 0.0327 e. The molecule has 0 bridgehead atoms. The van der Waals surface area contributed by atoms with Gasteiger partial charge in [0.2, 0.25) is 0 Å². The standard InChI is InChI=1S/C17H36N2/c1-4-5-6-7-8-9-12-15-18-16-17(19(2)3)13-10-11-14-17/h18H,4-16H2,1-3H3. The maximum absolute atomic E-state index is 3.71. The van der Waals surface area contributed by atoms with E-state index < -0.39 is 0 Å². The van der Waals surface area contributed by atoms with Crippen molar-refractivity contribution in [3.8, 4) is 0 Å². The molecule has 19 heavy (non-hydrogen) atoms. The van der Waals surface area contributed by atoms with E-state index in [4.69, 9.17) is 0 Å². The Bertz CT molecular complexity index is 207. The minimum atomic E-state index is 0.459. The van der Waals surface area contributed by atoms with Crippen molar-refractivity contribution in [2.45, 2.75) is 83.1 Å². The molecule has 0 saturated heterocycles. The lowest BCUT2D eigenvalue weighted by Crippen LogP contribution is -2.49. The van der Waals surface area contributed by atoms with Gasteiger partial charge < -0.3 is 10.2 Å². The summed E-state index contributed by atoms with van der Waals surface area (Å²) in [5, 5.41) is 3.71. The van der Waals surface area contributed by atoms with Crippen LogP contribution in [0.5, 0.6) is 0 Å². The summed E-state index contributed by atoms with van der Waals surface area (Å²) in [6.07, 6.45) is 15.4. The number of nitrogens with one attached hydrogen (secondary N) is 1. The number of unbranched alkanes of at least 4 members (excludes halogenated alkanes) is 6. The summed E-state index contributed by atoms with van der Waals surface area (Å²) in [5.74, 6) is 0. The van der Waals surface area contributed by atoms with Crippen LogP contribution in [-0.4, -0.2) is 37.6 Å². The third kappa shape index (κ3) is 6.27. The van der Waals surface area contributed by atoms with Crippen molar-refractivity contribution in [2.75, 3.05) is 27.2 Å². The molecule has 0 amide bonds. The molecule has 114 valence electrons. The van der Waals surface area contributed by atoms with Gasteiger partial charge in [-0.2, -0.15) is 0 Å². The monoisotopic (exact) mass is 268 g/mol. The van der Waals surface area contributed by atoms with Crippen LogP contribution in [0.3, 0.4) is 0 Å². The Balaban J connectivity index is 1.98. The predicted molar refractivity (Wildman–Crippen MR) is 85.7 cm³/mol. The van der Waals surface area contributed by atoms with Gasteiger partial charge >= 0.3 is 0 Å². The predicted octanol–water partition coefficient (Wildman–Crippen LogP) is 4.20. The van der Waals surface area contributed by atoms with Crippen molar-refractivity contribution in [1.29, 1.82) is 0 Å². The third-order valence-corrected chi connectivity index (χ3v) is 4.89. The van der Waals surface area contributed by atoms with E-state index in [1.807, 2.05) is 0 Å². The first-order valence-corrected chi connectivity index (χ1v) is 8.59. The molecule has 1 fully saturated rings. The molecule has 0 aromatic carbocycles. The quantitative estimate of drug-likeness (QED) is 0.565. The zero-order valence-corrected chi connectivity index (χ0v) is 13.6. The summed E-state index contributed by atoms with van der Waals surface area (Å²) in [5.41, 5.74) is 0.459. The highest BCUT2D eigenvalue weighted by molar-refractivity contribution is 4.94. The molecular formula is C17H36N2. The van der Waals surface area contributed by atoms with Gasteiger partial charge in [0.15, 0.2) is 0 Å². The lowest BCUT2D eigenvalue weighted by atomic mass is 9.96. The maximum Gasteiger partial charge on any atom is 0.0327 e. The van der Waals surface area contributed by atoms with Gasteiger partial charge in [-0.3, -0.25) is 0 Å². The molecule has 0 radical (unpaired) electrons. The van der Waals surface area contributed by atoms with Gasteiger partial charge in [0.25, 0.3) is 0 Å². The maximum atomic E-state index is 3.71. The first-order valence-electron chi connectivity index (χ1n) is 8.59. The van der Waals surface area contributed by atoms with Crippen LogP contribution in [0, 0.1) is 0 Å². The number of hydrogen-bond donors (Lipinski definition) is 1. The van der Waals surface area contributed by atoms with Gasteiger partial charge in [0.05, 0.1) is 0 Å². The molecule has 0 aliphatic heterocycles. The molecule has 0 heterocycles. The van der Waals surface area contributed by atoms with Crippen molar-refractivity contribution in [2.24, 2.45) is 0 Å². The van der Waals surface area contributed by atoms with Crippen LogP contribution in [0.2, 0.25) is 0 Å². The highest BCUT2D eigenvalue weighted by Gasteiger charge is 2.35. The fourth-order valence-electron chi connectivity index (χ4n) is 3.34. The second-order valence-electron chi connectivity index (χ2n) is 6.62. The number of nitrogens with zero attached hydrogens (tertiary/aromatic N) is 1. The van der Waals surface area contributed by atoms with Gasteiger partial charge in [0, 0.05) is 12.1 Å². The van der Waals surface area contributed by atoms with E-state index in [1.165, 1.54) is 83.7 Å². The molecule has 0 atom stereocenters. The van der Waals surface area contributed by atoms with E-state index in [1.54, 1.807) is 0 Å². The Morgan fingerprint density at radius 1 is 0.895 bits per heavy atom. The summed E-state index contributed by atoms with van der Waals surface area (Å²) >= 11 is 0. The van der Waals surface area contributed by atoms with E-state index in [-0.39, 0.29) is 0 Å². The number of rotatable bonds is 11. The number of likely N-dealkylation sites (N-methyl/N-ethyl adjacent to an activating group) is 1. The van der Waals surface area contributed by atoms with Crippen molar-refractivity contribution < 1.29 is 0 Å². The van der Waals surface area contributed by atoms with E-state index in [9.17, 15) is 0 Å². The van der Waals surface area contributed by atoms with Gasteiger partial charge in [0.1, 0.15) is 0 Å². The Morgan fingerprint density at radius 2 is 1.47 bits per heavy atom. The Kier molecular flexibility index (Phi) is 8.72. The topological polar surface area (TPSA) is 15.3 Å². The molecule has 0 unspecified atom stereocenters. The summed E-state index contributed by atoms with van der Waals surface area (Å²) < 4.78 is 0. The lowest BCUT2D eigenvalue weighted by Gasteiger charge is -2.36. The molecule has 0 aromatic rings. The van der Waals surface area contributed by atoms with Crippen LogP contribution in [0.4, 0.5) is 0 Å². The molecule has 1 saturated carbocycles. The molecule has 1 aliphatic carbocycles. The molecule has 1 N–H and O–H groups in total. The minimum absolute atomic E-state index is 0.459. The summed E-state index contributed by atoms with van der Waals surface area (Å²) in [6, 6.07) is 0. The van der Waals surface area contributed by atoms with E-state index in [2.05, 4.69) is 31.2 Å². The minimum Gasteiger partial charge on any atom is -0.315 e. The first-order chi connectivity index (χ1) is 9.21. The highest BCUT2D eigenvalue weighted by atomic mass is 15.2. The van der Waals surface area contributed by atoms with E-state index in [0.717, 1.165) is 0 Å². The molecule has 1 rings (SSSR count). The zero-order chi connectivity index (χ0) is 14.0. The van der Waals surface area contributed by atoms with Gasteiger partial charge in [-0.15, -0.1) is 0 Å². The van der Waals surface area contributed by atoms with Gasteiger partial charge in [-0.1, -0.05) is 58.3 Å². The SMILES string of the molecule is CCCCCCCCCNCC1(N(C)C)CCCC1. The van der Waals surface area contributed by atoms with Gasteiger partial charge in [-0.05, 0) is 39.9 Å². The van der Waals surface area contributed by atoms with Crippen molar-refractivity contribution in [1.82, 2.24) is 10.2 Å². The highest BCUT2D eigenvalue weighted by Crippen LogP contribution is 2.32. The molecule has 1 aliphatic rings. The average molecular weight is 268 g/mol. The zero-order valence-electron chi connectivity index (χ0n) is 13.6. The van der Waals surface area contributed by atoms with Crippen LogP contribution in [0.15, 0.2) is 0 Å². The molecule has 2 heteroatoms. The van der Waals surface area contributed by atoms with Crippen molar-refractivity contribution in [3.63, 3.8) is 0 Å². The van der Waals surface area contributed by atoms with Crippen LogP contribution < -0.4 is 5.32 Å². The molecular weight excluding hydrogens is 232 g/mol. The summed E-state index contributed by atoms with van der Waals surface area (Å²) in [7, 11) is 4.50. The number of hydrogen-bond acceptors (Lipinski definition) is 2. The molecule has 0 spiro atoms. The van der Waals surface area contributed by atoms with Crippen LogP contribution in [0.25, 0.3) is 0 Å². The summed E-state index contributed by atoms with van der Waals surface area (Å²) in [6.45, 7) is 4.69. The second kappa shape index (κ2) is 9.77. The largest absolute Gasteiger partial charge is 0.315 e. The Labute approximate surface area is 121 Å². The Morgan fingerprint density at radius 3 is 2.05 bits per heavy atom. The van der Waals surface area contributed by atoms with E-state index >= 15 is 0 Å². The second-order valence-corrected chi connectivity index (χ2v) is 6.62. The molecule has 2 nitrogen and oxygen atoms in total. The van der Waals surface area contributed by atoms with E-state index in [0.29, 0.717) is 5.54 Å². The summed E-state index contributed by atoms with van der Waals surface area (Å²) in [4.78, 5) is 2.46. The van der Waals surface area contributed by atoms with Crippen molar-refractivity contribution >= 4 is 0 Å². The van der Waals surface area contributed by atoms with Crippen LogP contribution >= 0.6 is 0 Å². The van der Waals surface area contributed by atoms with Crippen LogP contribution in [0.1, 0.15) is 77.6 Å². The van der Waals surface area contributed by atoms with Gasteiger partial charge in [-0.25, -0.2) is 0 Å². The Hall–Kier alpha value is -0.0800.